The number of carbonyl (C=O) groups excluding carboxylic acids is 1. The summed E-state index contributed by atoms with van der Waals surface area (Å²) in [6.45, 7) is 12.9. The third kappa shape index (κ3) is 4.16. The second-order valence-electron chi connectivity index (χ2n) is 8.27. The largest absolute Gasteiger partial charge is 0.507 e. The molecule has 0 aliphatic rings. The van der Waals surface area contributed by atoms with Gasteiger partial charge in [0.15, 0.2) is 0 Å². The number of hydrogen-bond donors (Lipinski definition) is 2. The highest BCUT2D eigenvalue weighted by molar-refractivity contribution is 6.06. The van der Waals surface area contributed by atoms with Gasteiger partial charge in [-0.1, -0.05) is 59.7 Å². The molecule has 2 aromatic carbocycles. The van der Waals surface area contributed by atoms with Crippen LogP contribution < -0.4 is 5.32 Å². The second kappa shape index (κ2) is 6.31. The summed E-state index contributed by atoms with van der Waals surface area (Å²) in [4.78, 5) is 12.5. The summed E-state index contributed by atoms with van der Waals surface area (Å²) in [5, 5.41) is 12.8. The summed E-state index contributed by atoms with van der Waals surface area (Å²) < 4.78 is 0. The van der Waals surface area contributed by atoms with Crippen LogP contribution in [0.3, 0.4) is 0 Å². The molecule has 0 unspecified atom stereocenters. The van der Waals surface area contributed by atoms with Gasteiger partial charge in [0.05, 0.1) is 5.56 Å². The lowest BCUT2D eigenvalue weighted by Crippen LogP contribution is -2.19. The van der Waals surface area contributed by atoms with Crippen LogP contribution in [0, 0.1) is 0 Å². The standard InChI is InChI=1S/C21H27NO2/c1-20(2,3)14-11-15(21(4,5)6)13-16(12-14)22-19(24)17-9-7-8-10-18(17)23/h7-13,23H,1-6H3,(H,22,24). The number of nitrogens with one attached hydrogen (secondary N) is 1. The van der Waals surface area contributed by atoms with Gasteiger partial charge in [-0.05, 0) is 46.2 Å². The topological polar surface area (TPSA) is 49.3 Å². The number of phenols is 1. The highest BCUT2D eigenvalue weighted by atomic mass is 16.3. The van der Waals surface area contributed by atoms with Crippen LogP contribution in [0.5, 0.6) is 5.75 Å². The summed E-state index contributed by atoms with van der Waals surface area (Å²) in [6, 6.07) is 12.8. The molecular weight excluding hydrogens is 298 g/mol. The Morgan fingerprint density at radius 3 is 1.83 bits per heavy atom. The Kier molecular flexibility index (Phi) is 4.75. The molecule has 0 radical (unpaired) electrons. The number of phenolic OH excluding ortho intramolecular Hbond substituents is 1. The zero-order valence-electron chi connectivity index (χ0n) is 15.4. The summed E-state index contributed by atoms with van der Waals surface area (Å²) in [6.07, 6.45) is 0. The molecule has 0 saturated heterocycles. The van der Waals surface area contributed by atoms with E-state index in [0.717, 1.165) is 5.69 Å². The van der Waals surface area contributed by atoms with E-state index in [1.807, 2.05) is 12.1 Å². The van der Waals surface area contributed by atoms with Gasteiger partial charge in [0, 0.05) is 5.69 Å². The molecule has 3 nitrogen and oxygen atoms in total. The van der Waals surface area contributed by atoms with Gasteiger partial charge in [0.25, 0.3) is 5.91 Å². The van der Waals surface area contributed by atoms with Crippen molar-refractivity contribution in [3.05, 3.63) is 59.2 Å². The lowest BCUT2D eigenvalue weighted by Gasteiger charge is -2.26. The number of benzene rings is 2. The zero-order chi connectivity index (χ0) is 18.1. The van der Waals surface area contributed by atoms with Gasteiger partial charge in [-0.15, -0.1) is 0 Å². The summed E-state index contributed by atoms with van der Waals surface area (Å²) in [5.74, 6) is -0.322. The van der Waals surface area contributed by atoms with E-state index in [1.165, 1.54) is 17.2 Å². The molecule has 0 spiro atoms. The normalized spacial score (nSPS) is 12.1. The predicted octanol–water partition coefficient (Wildman–Crippen LogP) is 5.24. The molecule has 0 aliphatic heterocycles. The van der Waals surface area contributed by atoms with Gasteiger partial charge in [-0.3, -0.25) is 4.79 Å². The van der Waals surface area contributed by atoms with E-state index in [1.54, 1.807) is 18.2 Å². The highest BCUT2D eigenvalue weighted by Gasteiger charge is 2.21. The summed E-state index contributed by atoms with van der Waals surface area (Å²) in [7, 11) is 0. The van der Waals surface area contributed by atoms with Crippen molar-refractivity contribution in [3.8, 4) is 5.75 Å². The molecule has 24 heavy (non-hydrogen) atoms. The zero-order valence-corrected chi connectivity index (χ0v) is 15.4. The minimum atomic E-state index is -0.306. The van der Waals surface area contributed by atoms with Crippen LogP contribution in [0.15, 0.2) is 42.5 Å². The van der Waals surface area contributed by atoms with Crippen LogP contribution in [0.1, 0.15) is 63.0 Å². The van der Waals surface area contributed by atoms with E-state index in [4.69, 9.17) is 0 Å². The Morgan fingerprint density at radius 1 is 0.875 bits per heavy atom. The maximum absolute atomic E-state index is 12.5. The quantitative estimate of drug-likeness (QED) is 0.793. The van der Waals surface area contributed by atoms with E-state index < -0.39 is 0 Å². The lowest BCUT2D eigenvalue weighted by atomic mass is 9.80. The average molecular weight is 325 g/mol. The molecule has 0 saturated carbocycles. The van der Waals surface area contributed by atoms with E-state index in [2.05, 4.69) is 52.9 Å². The highest BCUT2D eigenvalue weighted by Crippen LogP contribution is 2.32. The number of amides is 1. The summed E-state index contributed by atoms with van der Waals surface area (Å²) in [5.41, 5.74) is 3.33. The molecule has 128 valence electrons. The molecule has 2 aromatic rings. The first-order valence-corrected chi connectivity index (χ1v) is 8.24. The van der Waals surface area contributed by atoms with Crippen molar-refractivity contribution in [1.82, 2.24) is 0 Å². The fourth-order valence-electron chi connectivity index (χ4n) is 2.43. The number of carbonyl (C=O) groups is 1. The van der Waals surface area contributed by atoms with Crippen LogP contribution in [0.2, 0.25) is 0 Å². The third-order valence-electron chi connectivity index (χ3n) is 4.07. The SMILES string of the molecule is CC(C)(C)c1cc(NC(=O)c2ccccc2O)cc(C(C)(C)C)c1. The van der Waals surface area contributed by atoms with E-state index in [-0.39, 0.29) is 28.1 Å². The third-order valence-corrected chi connectivity index (χ3v) is 4.07. The molecule has 2 N–H and O–H groups in total. The number of rotatable bonds is 2. The van der Waals surface area contributed by atoms with Crippen molar-refractivity contribution in [2.45, 2.75) is 52.4 Å². The minimum absolute atomic E-state index is 0.0157. The molecule has 2 rings (SSSR count). The van der Waals surface area contributed by atoms with Gasteiger partial charge in [0.2, 0.25) is 0 Å². The number of para-hydroxylation sites is 1. The molecular formula is C21H27NO2. The predicted molar refractivity (Wildman–Crippen MR) is 99.9 cm³/mol. The summed E-state index contributed by atoms with van der Waals surface area (Å²) >= 11 is 0. The van der Waals surface area contributed by atoms with Crippen molar-refractivity contribution in [1.29, 1.82) is 0 Å². The molecule has 0 atom stereocenters. The van der Waals surface area contributed by atoms with Crippen LogP contribution in [-0.4, -0.2) is 11.0 Å². The molecule has 0 bridgehead atoms. The Morgan fingerprint density at radius 2 is 1.38 bits per heavy atom. The first-order chi connectivity index (χ1) is 11.0. The maximum atomic E-state index is 12.5. The van der Waals surface area contributed by atoms with Crippen molar-refractivity contribution in [2.24, 2.45) is 0 Å². The Hall–Kier alpha value is -2.29. The van der Waals surface area contributed by atoms with Crippen LogP contribution >= 0.6 is 0 Å². The average Bonchev–Trinajstić information content (AvgIpc) is 2.45. The van der Waals surface area contributed by atoms with Crippen LogP contribution in [0.4, 0.5) is 5.69 Å². The number of aromatic hydroxyl groups is 1. The second-order valence-corrected chi connectivity index (χ2v) is 8.27. The van der Waals surface area contributed by atoms with Gasteiger partial charge in [-0.25, -0.2) is 0 Å². The Bertz CT molecular complexity index is 717. The lowest BCUT2D eigenvalue weighted by molar-refractivity contribution is 0.102. The monoisotopic (exact) mass is 325 g/mol. The van der Waals surface area contributed by atoms with Crippen LogP contribution in [0.25, 0.3) is 0 Å². The van der Waals surface area contributed by atoms with Crippen molar-refractivity contribution >= 4 is 11.6 Å². The molecule has 0 aliphatic carbocycles. The smallest absolute Gasteiger partial charge is 0.259 e. The van der Waals surface area contributed by atoms with Gasteiger partial charge >= 0.3 is 0 Å². The molecule has 0 fully saturated rings. The fourth-order valence-corrected chi connectivity index (χ4v) is 2.43. The van der Waals surface area contributed by atoms with Crippen molar-refractivity contribution in [3.63, 3.8) is 0 Å². The molecule has 0 heterocycles. The van der Waals surface area contributed by atoms with Gasteiger partial charge in [-0.2, -0.15) is 0 Å². The van der Waals surface area contributed by atoms with E-state index in [9.17, 15) is 9.90 Å². The molecule has 0 aromatic heterocycles. The van der Waals surface area contributed by atoms with E-state index >= 15 is 0 Å². The molecule has 3 heteroatoms. The van der Waals surface area contributed by atoms with Crippen LogP contribution in [-0.2, 0) is 10.8 Å². The fraction of sp³-hybridized carbons (Fsp3) is 0.381. The number of hydrogen-bond acceptors (Lipinski definition) is 2. The van der Waals surface area contributed by atoms with E-state index in [0.29, 0.717) is 0 Å². The van der Waals surface area contributed by atoms with Gasteiger partial charge in [0.1, 0.15) is 5.75 Å². The Balaban J connectivity index is 2.43. The number of anilines is 1. The minimum Gasteiger partial charge on any atom is -0.507 e. The van der Waals surface area contributed by atoms with Crippen molar-refractivity contribution in [2.75, 3.05) is 5.32 Å². The Labute approximate surface area is 144 Å². The first kappa shape index (κ1) is 18.1. The first-order valence-electron chi connectivity index (χ1n) is 8.24. The maximum Gasteiger partial charge on any atom is 0.259 e. The van der Waals surface area contributed by atoms with Crippen molar-refractivity contribution < 1.29 is 9.90 Å². The molecule has 1 amide bonds. The van der Waals surface area contributed by atoms with Gasteiger partial charge < -0.3 is 10.4 Å².